The molecule has 0 bridgehead atoms. The summed E-state index contributed by atoms with van der Waals surface area (Å²) in [6.07, 6.45) is -0.348. The van der Waals surface area contributed by atoms with Crippen LogP contribution in [0.25, 0.3) is 0 Å². The maximum Gasteiger partial charge on any atom is 0.408 e. The average molecular weight is 427 g/mol. The molecule has 0 aliphatic heterocycles. The number of alkyl carbamates (subject to hydrolysis) is 1. The van der Waals surface area contributed by atoms with Crippen molar-refractivity contribution in [1.82, 2.24) is 10.6 Å². The lowest BCUT2D eigenvalue weighted by Gasteiger charge is -2.23. The van der Waals surface area contributed by atoms with E-state index in [4.69, 9.17) is 9.47 Å². The summed E-state index contributed by atoms with van der Waals surface area (Å²) in [6.45, 7) is 5.54. The van der Waals surface area contributed by atoms with E-state index in [-0.39, 0.29) is 19.6 Å². The van der Waals surface area contributed by atoms with Gasteiger partial charge in [0.25, 0.3) is 0 Å². The van der Waals surface area contributed by atoms with Gasteiger partial charge in [0.1, 0.15) is 18.2 Å². The Morgan fingerprint density at radius 2 is 1.48 bits per heavy atom. The van der Waals surface area contributed by atoms with Crippen LogP contribution in [0, 0.1) is 0 Å². The standard InChI is InChI=1S/C24H30N2O5/c1-24(2,3)31-23(29)26-20(16-18-10-6-4-7-11-18)22(28)25-15-14-21(27)30-17-19-12-8-5-9-13-19/h4-13,20H,14-17H2,1-3H3,(H,25,28)(H,26,29)/t20-/m0/s1. The second kappa shape index (κ2) is 11.7. The number of hydrogen-bond acceptors (Lipinski definition) is 5. The molecule has 0 saturated heterocycles. The van der Waals surface area contributed by atoms with Crippen molar-refractivity contribution in [1.29, 1.82) is 0 Å². The van der Waals surface area contributed by atoms with Crippen LogP contribution in [0.3, 0.4) is 0 Å². The summed E-state index contributed by atoms with van der Waals surface area (Å²) < 4.78 is 10.5. The van der Waals surface area contributed by atoms with Gasteiger partial charge in [0.15, 0.2) is 0 Å². The van der Waals surface area contributed by atoms with Gasteiger partial charge < -0.3 is 20.1 Å². The minimum Gasteiger partial charge on any atom is -0.461 e. The molecule has 0 spiro atoms. The van der Waals surface area contributed by atoms with Crippen LogP contribution in [0.1, 0.15) is 38.3 Å². The van der Waals surface area contributed by atoms with Gasteiger partial charge in [0, 0.05) is 13.0 Å². The average Bonchev–Trinajstić information content (AvgIpc) is 2.72. The first-order chi connectivity index (χ1) is 14.7. The molecule has 2 aromatic carbocycles. The number of amides is 2. The molecular formula is C24H30N2O5. The SMILES string of the molecule is CC(C)(C)OC(=O)N[C@@H](Cc1ccccc1)C(=O)NCCC(=O)OCc1ccccc1. The molecule has 2 aromatic rings. The van der Waals surface area contributed by atoms with Crippen LogP contribution in [0.2, 0.25) is 0 Å². The Hall–Kier alpha value is -3.35. The van der Waals surface area contributed by atoms with Crippen LogP contribution in [0.5, 0.6) is 0 Å². The fourth-order valence-electron chi connectivity index (χ4n) is 2.73. The topological polar surface area (TPSA) is 93.7 Å². The van der Waals surface area contributed by atoms with Gasteiger partial charge in [0.05, 0.1) is 6.42 Å². The lowest BCUT2D eigenvalue weighted by Crippen LogP contribution is -2.49. The van der Waals surface area contributed by atoms with Crippen molar-refractivity contribution in [3.63, 3.8) is 0 Å². The molecule has 0 radical (unpaired) electrons. The molecule has 7 nitrogen and oxygen atoms in total. The highest BCUT2D eigenvalue weighted by molar-refractivity contribution is 5.86. The molecule has 166 valence electrons. The smallest absolute Gasteiger partial charge is 0.408 e. The highest BCUT2D eigenvalue weighted by Crippen LogP contribution is 2.09. The molecule has 1 atom stereocenters. The third-order valence-electron chi connectivity index (χ3n) is 4.16. The van der Waals surface area contributed by atoms with Crippen molar-refractivity contribution in [3.8, 4) is 0 Å². The van der Waals surface area contributed by atoms with Gasteiger partial charge in [-0.2, -0.15) is 0 Å². The molecule has 2 rings (SSSR count). The Labute approximate surface area is 183 Å². The molecule has 0 aromatic heterocycles. The molecule has 0 heterocycles. The molecule has 0 aliphatic carbocycles. The summed E-state index contributed by atoms with van der Waals surface area (Å²) in [6, 6.07) is 17.9. The molecule has 0 unspecified atom stereocenters. The first kappa shape index (κ1) is 23.9. The maximum atomic E-state index is 12.7. The molecule has 7 heteroatoms. The summed E-state index contributed by atoms with van der Waals surface area (Å²) in [7, 11) is 0. The minimum atomic E-state index is -0.836. The Balaban J connectivity index is 1.85. The van der Waals surface area contributed by atoms with E-state index in [0.717, 1.165) is 11.1 Å². The van der Waals surface area contributed by atoms with Crippen LogP contribution in [0.4, 0.5) is 4.79 Å². The zero-order valence-corrected chi connectivity index (χ0v) is 18.2. The first-order valence-electron chi connectivity index (χ1n) is 10.2. The van der Waals surface area contributed by atoms with Gasteiger partial charge in [-0.15, -0.1) is 0 Å². The Bertz CT molecular complexity index is 847. The second-order valence-electron chi connectivity index (χ2n) is 8.08. The van der Waals surface area contributed by atoms with E-state index in [1.807, 2.05) is 60.7 Å². The molecule has 2 amide bonds. The second-order valence-corrected chi connectivity index (χ2v) is 8.08. The van der Waals surface area contributed by atoms with Gasteiger partial charge in [-0.3, -0.25) is 9.59 Å². The van der Waals surface area contributed by atoms with Crippen LogP contribution >= 0.6 is 0 Å². The largest absolute Gasteiger partial charge is 0.461 e. The summed E-state index contributed by atoms with van der Waals surface area (Å²) in [5.41, 5.74) is 1.10. The fraction of sp³-hybridized carbons (Fsp3) is 0.375. The Morgan fingerprint density at radius 3 is 2.06 bits per heavy atom. The predicted octanol–water partition coefficient (Wildman–Crippen LogP) is 3.37. The van der Waals surface area contributed by atoms with Crippen molar-refractivity contribution in [2.24, 2.45) is 0 Å². The van der Waals surface area contributed by atoms with E-state index in [2.05, 4.69) is 10.6 Å². The summed E-state index contributed by atoms with van der Waals surface area (Å²) in [5.74, 6) is -0.811. The predicted molar refractivity (Wildman–Crippen MR) is 117 cm³/mol. The number of nitrogens with one attached hydrogen (secondary N) is 2. The summed E-state index contributed by atoms with van der Waals surface area (Å²) in [5, 5.41) is 5.31. The molecule has 0 aliphatic rings. The Kier molecular flexibility index (Phi) is 9.06. The van der Waals surface area contributed by atoms with Crippen LogP contribution in [-0.4, -0.2) is 36.2 Å². The van der Waals surface area contributed by atoms with Gasteiger partial charge in [-0.05, 0) is 31.9 Å². The monoisotopic (exact) mass is 426 g/mol. The van der Waals surface area contributed by atoms with Gasteiger partial charge >= 0.3 is 12.1 Å². The molecule has 0 fully saturated rings. The maximum absolute atomic E-state index is 12.7. The van der Waals surface area contributed by atoms with E-state index in [1.54, 1.807) is 20.8 Å². The lowest BCUT2D eigenvalue weighted by molar-refractivity contribution is -0.144. The zero-order valence-electron chi connectivity index (χ0n) is 18.2. The van der Waals surface area contributed by atoms with Gasteiger partial charge in [0.2, 0.25) is 5.91 Å². The van der Waals surface area contributed by atoms with Crippen molar-refractivity contribution in [2.45, 2.75) is 51.9 Å². The third-order valence-corrected chi connectivity index (χ3v) is 4.16. The highest BCUT2D eigenvalue weighted by Gasteiger charge is 2.24. The summed E-state index contributed by atoms with van der Waals surface area (Å²) in [4.78, 5) is 36.8. The van der Waals surface area contributed by atoms with E-state index in [9.17, 15) is 14.4 Å². The lowest BCUT2D eigenvalue weighted by atomic mass is 10.1. The Morgan fingerprint density at radius 1 is 0.903 bits per heavy atom. The van der Waals surface area contributed by atoms with Crippen LogP contribution < -0.4 is 10.6 Å². The van der Waals surface area contributed by atoms with Crippen LogP contribution in [0.15, 0.2) is 60.7 Å². The molecule has 0 saturated carbocycles. The van der Waals surface area contributed by atoms with E-state index in [1.165, 1.54) is 0 Å². The molecule has 31 heavy (non-hydrogen) atoms. The van der Waals surface area contributed by atoms with Crippen molar-refractivity contribution < 1.29 is 23.9 Å². The van der Waals surface area contributed by atoms with E-state index in [0.29, 0.717) is 6.42 Å². The quantitative estimate of drug-likeness (QED) is 0.600. The third kappa shape index (κ3) is 9.80. The fourth-order valence-corrected chi connectivity index (χ4v) is 2.73. The van der Waals surface area contributed by atoms with Crippen LogP contribution in [-0.2, 0) is 32.1 Å². The number of rotatable bonds is 9. The number of esters is 1. The number of benzene rings is 2. The summed E-state index contributed by atoms with van der Waals surface area (Å²) >= 11 is 0. The number of hydrogen-bond donors (Lipinski definition) is 2. The highest BCUT2D eigenvalue weighted by atomic mass is 16.6. The van der Waals surface area contributed by atoms with Crippen molar-refractivity contribution >= 4 is 18.0 Å². The minimum absolute atomic E-state index is 0.0308. The van der Waals surface area contributed by atoms with Gasteiger partial charge in [-0.1, -0.05) is 60.7 Å². The van der Waals surface area contributed by atoms with E-state index < -0.39 is 29.6 Å². The van der Waals surface area contributed by atoms with Crippen molar-refractivity contribution in [3.05, 3.63) is 71.8 Å². The zero-order chi connectivity index (χ0) is 22.7. The van der Waals surface area contributed by atoms with Crippen molar-refractivity contribution in [2.75, 3.05) is 6.54 Å². The molecule has 2 N–H and O–H groups in total. The number of carbonyl (C=O) groups is 3. The van der Waals surface area contributed by atoms with E-state index >= 15 is 0 Å². The number of ether oxygens (including phenoxy) is 2. The first-order valence-corrected chi connectivity index (χ1v) is 10.2. The number of carbonyl (C=O) groups excluding carboxylic acids is 3. The molecular weight excluding hydrogens is 396 g/mol. The normalized spacial score (nSPS) is 11.8. The van der Waals surface area contributed by atoms with Gasteiger partial charge in [-0.25, -0.2) is 4.79 Å².